The fraction of sp³-hybridized carbons (Fsp3) is 0.714. The Morgan fingerprint density at radius 3 is 2.00 bits per heavy atom. The highest BCUT2D eigenvalue weighted by Crippen LogP contribution is 2.40. The molecule has 0 bridgehead atoms. The van der Waals surface area contributed by atoms with Crippen LogP contribution in [-0.2, 0) is 15.7 Å². The smallest absolute Gasteiger partial charge is 0.348 e. The van der Waals surface area contributed by atoms with Gasteiger partial charge in [0.1, 0.15) is 17.2 Å². The zero-order valence-corrected chi connectivity index (χ0v) is 16.0. The zero-order chi connectivity index (χ0) is 20.3. The molecule has 1 saturated heterocycles. The summed E-state index contributed by atoms with van der Waals surface area (Å²) >= 11 is 0. The fourth-order valence-electron chi connectivity index (χ4n) is 4.42. The summed E-state index contributed by atoms with van der Waals surface area (Å²) in [6.07, 6.45) is 2.32. The van der Waals surface area contributed by atoms with E-state index >= 15 is 0 Å². The molecule has 0 atom stereocenters. The Bertz CT molecular complexity index is 622. The van der Waals surface area contributed by atoms with E-state index in [0.717, 1.165) is 18.8 Å². The van der Waals surface area contributed by atoms with Crippen molar-refractivity contribution in [2.45, 2.75) is 64.3 Å². The van der Waals surface area contributed by atoms with Crippen molar-refractivity contribution in [2.24, 2.45) is 17.8 Å². The van der Waals surface area contributed by atoms with Gasteiger partial charge in [0.2, 0.25) is 0 Å². The first-order chi connectivity index (χ1) is 13.3. The van der Waals surface area contributed by atoms with Crippen LogP contribution >= 0.6 is 0 Å². The number of unbranched alkanes of at least 4 members (excludes halogenated alkanes) is 1. The van der Waals surface area contributed by atoms with Crippen molar-refractivity contribution in [2.75, 3.05) is 13.2 Å². The molecule has 2 aliphatic rings. The van der Waals surface area contributed by atoms with Gasteiger partial charge in [-0.1, -0.05) is 39.0 Å². The summed E-state index contributed by atoms with van der Waals surface area (Å²) < 4.78 is 76.9. The largest absolute Gasteiger partial charge is 0.422 e. The van der Waals surface area contributed by atoms with Gasteiger partial charge in [0, 0.05) is 11.5 Å². The maximum atomic E-state index is 13.8. The van der Waals surface area contributed by atoms with E-state index in [4.69, 9.17) is 9.47 Å². The Balaban J connectivity index is 1.55. The highest BCUT2D eigenvalue weighted by atomic mass is 19.4. The molecule has 1 aliphatic heterocycles. The maximum Gasteiger partial charge on any atom is 0.422 e. The number of rotatable bonds is 5. The second kappa shape index (κ2) is 9.08. The number of hydrogen-bond donors (Lipinski definition) is 0. The molecule has 3 rings (SSSR count). The van der Waals surface area contributed by atoms with E-state index in [1.165, 1.54) is 32.1 Å². The first-order valence-corrected chi connectivity index (χ1v) is 10.1. The van der Waals surface area contributed by atoms with Crippen LogP contribution in [0.25, 0.3) is 0 Å². The van der Waals surface area contributed by atoms with Crippen LogP contribution in [0, 0.1) is 29.4 Å². The number of benzene rings is 1. The molecule has 0 aromatic heterocycles. The van der Waals surface area contributed by atoms with Gasteiger partial charge in [-0.05, 0) is 36.8 Å². The van der Waals surface area contributed by atoms with Crippen LogP contribution in [0.15, 0.2) is 12.1 Å². The molecule has 158 valence electrons. The molecule has 0 radical (unpaired) electrons. The van der Waals surface area contributed by atoms with Gasteiger partial charge in [-0.3, -0.25) is 0 Å². The third-order valence-corrected chi connectivity index (χ3v) is 6.07. The molecule has 28 heavy (non-hydrogen) atoms. The van der Waals surface area contributed by atoms with Gasteiger partial charge in [-0.2, -0.15) is 13.2 Å². The van der Waals surface area contributed by atoms with Crippen LogP contribution in [0.5, 0.6) is 0 Å². The van der Waals surface area contributed by atoms with Gasteiger partial charge in [0.05, 0.1) is 13.2 Å². The average Bonchev–Trinajstić information content (AvgIpc) is 2.65. The molecular weight excluding hydrogens is 379 g/mol. The van der Waals surface area contributed by atoms with E-state index in [9.17, 15) is 22.0 Å². The van der Waals surface area contributed by atoms with Crippen molar-refractivity contribution in [3.05, 3.63) is 34.9 Å². The molecule has 0 spiro atoms. The first-order valence-electron chi connectivity index (χ1n) is 10.1. The first kappa shape index (κ1) is 21.5. The third-order valence-electron chi connectivity index (χ3n) is 6.07. The van der Waals surface area contributed by atoms with Crippen LogP contribution in [0.2, 0.25) is 0 Å². The lowest BCUT2D eigenvalue weighted by atomic mass is 9.74. The molecule has 1 aromatic carbocycles. The predicted octanol–water partition coefficient (Wildman–Crippen LogP) is 6.64. The van der Waals surface area contributed by atoms with Crippen LogP contribution in [0.4, 0.5) is 22.0 Å². The quantitative estimate of drug-likeness (QED) is 0.510. The van der Waals surface area contributed by atoms with E-state index in [1.807, 2.05) is 0 Å². The average molecular weight is 406 g/mol. The third kappa shape index (κ3) is 5.03. The normalized spacial score (nSPS) is 29.1. The summed E-state index contributed by atoms with van der Waals surface area (Å²) in [5.74, 6) is -1.79. The SMILES string of the molecule is CCCCC1CCC(C2COC(c3cc(F)c(C(F)(F)F)c(F)c3)OC2)CC1. The molecule has 0 unspecified atom stereocenters. The second-order valence-corrected chi connectivity index (χ2v) is 8.04. The van der Waals surface area contributed by atoms with E-state index < -0.39 is 29.7 Å². The standard InChI is InChI=1S/C21H27F5O2/c1-2-3-4-13-5-7-14(8-6-13)16-11-27-20(28-12-16)15-9-17(22)19(18(23)10-15)21(24,25)26/h9-10,13-14,16,20H,2-8,11-12H2,1H3. The molecule has 1 aromatic rings. The summed E-state index contributed by atoms with van der Waals surface area (Å²) in [7, 11) is 0. The predicted molar refractivity (Wildman–Crippen MR) is 94.5 cm³/mol. The highest BCUT2D eigenvalue weighted by Gasteiger charge is 2.39. The number of hydrogen-bond acceptors (Lipinski definition) is 2. The lowest BCUT2D eigenvalue weighted by Gasteiger charge is -2.38. The number of ether oxygens (including phenoxy) is 2. The Morgan fingerprint density at radius 1 is 0.929 bits per heavy atom. The van der Waals surface area contributed by atoms with Crippen molar-refractivity contribution in [3.8, 4) is 0 Å². The Hall–Kier alpha value is -1.21. The number of halogens is 5. The monoisotopic (exact) mass is 406 g/mol. The minimum absolute atomic E-state index is 0.0651. The van der Waals surface area contributed by atoms with Gasteiger partial charge in [-0.25, -0.2) is 8.78 Å². The molecule has 1 heterocycles. The van der Waals surface area contributed by atoms with Gasteiger partial charge in [0.15, 0.2) is 6.29 Å². The maximum absolute atomic E-state index is 13.8. The van der Waals surface area contributed by atoms with E-state index in [-0.39, 0.29) is 11.5 Å². The second-order valence-electron chi connectivity index (χ2n) is 8.04. The van der Waals surface area contributed by atoms with Crippen LogP contribution in [0.1, 0.15) is 69.3 Å². The van der Waals surface area contributed by atoms with Crippen LogP contribution < -0.4 is 0 Å². The molecule has 1 aliphatic carbocycles. The Morgan fingerprint density at radius 2 is 1.50 bits per heavy atom. The summed E-state index contributed by atoms with van der Waals surface area (Å²) in [6.45, 7) is 2.98. The fourth-order valence-corrected chi connectivity index (χ4v) is 4.42. The van der Waals surface area contributed by atoms with Crippen molar-refractivity contribution >= 4 is 0 Å². The van der Waals surface area contributed by atoms with E-state index in [0.29, 0.717) is 31.3 Å². The summed E-state index contributed by atoms with van der Waals surface area (Å²) in [5.41, 5.74) is -1.95. The van der Waals surface area contributed by atoms with E-state index in [2.05, 4.69) is 6.92 Å². The zero-order valence-electron chi connectivity index (χ0n) is 16.0. The molecule has 2 fully saturated rings. The lowest BCUT2D eigenvalue weighted by molar-refractivity contribution is -0.215. The van der Waals surface area contributed by atoms with Crippen LogP contribution in [0.3, 0.4) is 0 Å². The van der Waals surface area contributed by atoms with Crippen molar-refractivity contribution in [3.63, 3.8) is 0 Å². The highest BCUT2D eigenvalue weighted by molar-refractivity contribution is 5.29. The van der Waals surface area contributed by atoms with Gasteiger partial charge < -0.3 is 9.47 Å². The summed E-state index contributed by atoms with van der Waals surface area (Å²) in [4.78, 5) is 0. The topological polar surface area (TPSA) is 18.5 Å². The lowest BCUT2D eigenvalue weighted by Crippen LogP contribution is -2.34. The molecular formula is C21H27F5O2. The summed E-state index contributed by atoms with van der Waals surface area (Å²) in [6, 6.07) is 1.30. The molecule has 7 heteroatoms. The van der Waals surface area contributed by atoms with Gasteiger partial charge >= 0.3 is 6.18 Å². The minimum Gasteiger partial charge on any atom is -0.348 e. The Kier molecular flexibility index (Phi) is 6.97. The molecule has 0 amide bonds. The number of alkyl halides is 3. The van der Waals surface area contributed by atoms with Crippen molar-refractivity contribution in [1.29, 1.82) is 0 Å². The Labute approximate surface area is 162 Å². The van der Waals surface area contributed by atoms with Crippen molar-refractivity contribution < 1.29 is 31.4 Å². The molecule has 1 saturated carbocycles. The minimum atomic E-state index is -5.08. The molecule has 0 N–H and O–H groups in total. The van der Waals surface area contributed by atoms with Crippen molar-refractivity contribution in [1.82, 2.24) is 0 Å². The molecule has 2 nitrogen and oxygen atoms in total. The van der Waals surface area contributed by atoms with Gasteiger partial charge in [0.25, 0.3) is 0 Å². The van der Waals surface area contributed by atoms with E-state index in [1.54, 1.807) is 0 Å². The van der Waals surface area contributed by atoms with Gasteiger partial charge in [-0.15, -0.1) is 0 Å². The van der Waals surface area contributed by atoms with Crippen LogP contribution in [-0.4, -0.2) is 13.2 Å². The summed E-state index contributed by atoms with van der Waals surface area (Å²) in [5, 5.41) is 0.